The zero-order valence-corrected chi connectivity index (χ0v) is 13.8. The molecule has 0 spiro atoms. The van der Waals surface area contributed by atoms with E-state index in [9.17, 15) is 14.4 Å². The summed E-state index contributed by atoms with van der Waals surface area (Å²) in [6.07, 6.45) is 5.09. The summed E-state index contributed by atoms with van der Waals surface area (Å²) in [5.41, 5.74) is 0. The third-order valence-electron chi connectivity index (χ3n) is 4.25. The molecule has 0 bridgehead atoms. The minimum absolute atomic E-state index is 0.108. The third kappa shape index (κ3) is 3.96. The fourth-order valence-corrected chi connectivity index (χ4v) is 3.16. The molecule has 7 heteroatoms. The monoisotopic (exact) mass is 336 g/mol. The van der Waals surface area contributed by atoms with Crippen molar-refractivity contribution in [1.82, 2.24) is 9.80 Å². The van der Waals surface area contributed by atoms with Crippen molar-refractivity contribution < 1.29 is 23.9 Å². The van der Waals surface area contributed by atoms with Crippen LogP contribution in [0.5, 0.6) is 0 Å². The molecular formula is C17H24N2O5. The van der Waals surface area contributed by atoms with E-state index in [1.54, 1.807) is 0 Å². The molecule has 2 unspecified atom stereocenters. The van der Waals surface area contributed by atoms with Gasteiger partial charge in [0.2, 0.25) is 5.91 Å². The van der Waals surface area contributed by atoms with E-state index >= 15 is 0 Å². The predicted molar refractivity (Wildman–Crippen MR) is 87.2 cm³/mol. The van der Waals surface area contributed by atoms with Crippen molar-refractivity contribution in [2.45, 2.75) is 37.8 Å². The van der Waals surface area contributed by atoms with Crippen LogP contribution in [0.25, 0.3) is 0 Å². The second-order valence-corrected chi connectivity index (χ2v) is 5.83. The Morgan fingerprint density at radius 2 is 1.50 bits per heavy atom. The van der Waals surface area contributed by atoms with Gasteiger partial charge in [0.15, 0.2) is 0 Å². The summed E-state index contributed by atoms with van der Waals surface area (Å²) in [4.78, 5) is 40.0. The molecule has 0 aromatic heterocycles. The van der Waals surface area contributed by atoms with Crippen LogP contribution in [0.1, 0.15) is 25.7 Å². The predicted octanol–water partition coefficient (Wildman–Crippen LogP) is 1.49. The normalized spacial score (nSPS) is 23.0. The van der Waals surface area contributed by atoms with E-state index in [2.05, 4.69) is 13.2 Å². The number of esters is 1. The Kier molecular flexibility index (Phi) is 6.40. The van der Waals surface area contributed by atoms with Gasteiger partial charge in [0.1, 0.15) is 25.3 Å². The van der Waals surface area contributed by atoms with Crippen LogP contribution in [-0.2, 0) is 19.1 Å². The lowest BCUT2D eigenvalue weighted by Crippen LogP contribution is -2.51. The average Bonchev–Trinajstić information content (AvgIpc) is 3.25. The van der Waals surface area contributed by atoms with Gasteiger partial charge in [0.05, 0.1) is 0 Å². The minimum Gasteiger partial charge on any atom is -0.460 e. The lowest BCUT2D eigenvalue weighted by molar-refractivity contribution is -0.153. The van der Waals surface area contributed by atoms with E-state index in [0.717, 1.165) is 12.8 Å². The zero-order chi connectivity index (χ0) is 17.5. The molecule has 0 radical (unpaired) electrons. The molecule has 2 aliphatic rings. The van der Waals surface area contributed by atoms with Crippen LogP contribution in [-0.4, -0.2) is 66.2 Å². The number of carbonyl (C=O) groups is 3. The quantitative estimate of drug-likeness (QED) is 0.543. The van der Waals surface area contributed by atoms with Crippen LogP contribution in [0.15, 0.2) is 25.3 Å². The van der Waals surface area contributed by atoms with E-state index in [-0.39, 0.29) is 19.1 Å². The number of amides is 2. The van der Waals surface area contributed by atoms with Gasteiger partial charge < -0.3 is 14.4 Å². The Labute approximate surface area is 141 Å². The first kappa shape index (κ1) is 18.0. The number of carbonyl (C=O) groups excluding carboxylic acids is 3. The fraction of sp³-hybridized carbons (Fsp3) is 0.588. The van der Waals surface area contributed by atoms with Crippen molar-refractivity contribution in [3.8, 4) is 0 Å². The molecule has 132 valence electrons. The van der Waals surface area contributed by atoms with Crippen LogP contribution in [0, 0.1) is 0 Å². The largest absolute Gasteiger partial charge is 0.460 e. The van der Waals surface area contributed by atoms with Gasteiger partial charge >= 0.3 is 12.1 Å². The van der Waals surface area contributed by atoms with Gasteiger partial charge in [0.25, 0.3) is 0 Å². The molecule has 2 fully saturated rings. The van der Waals surface area contributed by atoms with Crippen molar-refractivity contribution >= 4 is 18.0 Å². The maximum Gasteiger partial charge on any atom is 0.410 e. The molecule has 0 N–H and O–H groups in total. The van der Waals surface area contributed by atoms with Crippen molar-refractivity contribution in [3.05, 3.63) is 25.3 Å². The number of nitrogens with zero attached hydrogens (tertiary/aromatic N) is 2. The van der Waals surface area contributed by atoms with Crippen molar-refractivity contribution in [1.29, 1.82) is 0 Å². The first-order chi connectivity index (χ1) is 11.6. The molecular weight excluding hydrogens is 312 g/mol. The molecule has 2 rings (SSSR count). The standard InChI is InChI=1S/C17H24N2O5/c1-3-11-23-16(21)14-8-6-9-18(14)15(20)13-7-5-10-19(13)17(22)24-12-4-2/h3-4,13-14H,1-2,5-12H2. The highest BCUT2D eigenvalue weighted by Crippen LogP contribution is 2.26. The van der Waals surface area contributed by atoms with Crippen LogP contribution < -0.4 is 0 Å². The second kappa shape index (κ2) is 8.52. The summed E-state index contributed by atoms with van der Waals surface area (Å²) in [6, 6.07) is -1.15. The minimum atomic E-state index is -0.580. The highest BCUT2D eigenvalue weighted by molar-refractivity contribution is 5.90. The molecule has 2 aliphatic heterocycles. The van der Waals surface area contributed by atoms with Crippen LogP contribution in [0.2, 0.25) is 0 Å². The number of ether oxygens (including phenoxy) is 2. The van der Waals surface area contributed by atoms with E-state index in [1.807, 2.05) is 0 Å². The lowest BCUT2D eigenvalue weighted by atomic mass is 10.1. The van der Waals surface area contributed by atoms with Crippen molar-refractivity contribution in [2.24, 2.45) is 0 Å². The van der Waals surface area contributed by atoms with Crippen LogP contribution >= 0.6 is 0 Å². The average molecular weight is 336 g/mol. The highest BCUT2D eigenvalue weighted by Gasteiger charge is 2.43. The lowest BCUT2D eigenvalue weighted by Gasteiger charge is -2.30. The molecule has 0 aromatic rings. The Hall–Kier alpha value is -2.31. The first-order valence-electron chi connectivity index (χ1n) is 8.22. The van der Waals surface area contributed by atoms with E-state index in [0.29, 0.717) is 25.9 Å². The number of likely N-dealkylation sites (tertiary alicyclic amines) is 2. The van der Waals surface area contributed by atoms with E-state index in [4.69, 9.17) is 9.47 Å². The van der Waals surface area contributed by atoms with E-state index in [1.165, 1.54) is 22.0 Å². The first-order valence-corrected chi connectivity index (χ1v) is 8.22. The summed E-state index contributed by atoms with van der Waals surface area (Å²) >= 11 is 0. The smallest absolute Gasteiger partial charge is 0.410 e. The molecule has 24 heavy (non-hydrogen) atoms. The van der Waals surface area contributed by atoms with E-state index < -0.39 is 24.1 Å². The number of hydrogen-bond acceptors (Lipinski definition) is 5. The molecule has 7 nitrogen and oxygen atoms in total. The van der Waals surface area contributed by atoms with Gasteiger partial charge in [0, 0.05) is 13.1 Å². The van der Waals surface area contributed by atoms with Crippen molar-refractivity contribution in [2.75, 3.05) is 26.3 Å². The maximum atomic E-state index is 12.9. The summed E-state index contributed by atoms with van der Waals surface area (Å²) < 4.78 is 10.1. The summed E-state index contributed by atoms with van der Waals surface area (Å²) in [7, 11) is 0. The summed E-state index contributed by atoms with van der Waals surface area (Å²) in [6.45, 7) is 8.22. The second-order valence-electron chi connectivity index (χ2n) is 5.83. The molecule has 2 amide bonds. The van der Waals surface area contributed by atoms with Gasteiger partial charge in [-0.1, -0.05) is 25.3 Å². The van der Waals surface area contributed by atoms with Gasteiger partial charge in [-0.3, -0.25) is 9.69 Å². The topological polar surface area (TPSA) is 76.2 Å². The fourth-order valence-electron chi connectivity index (χ4n) is 3.16. The number of rotatable bonds is 6. The molecule has 2 saturated heterocycles. The molecule has 0 aliphatic carbocycles. The van der Waals surface area contributed by atoms with Gasteiger partial charge in [-0.15, -0.1) is 0 Å². The Morgan fingerprint density at radius 1 is 0.917 bits per heavy atom. The molecule has 0 saturated carbocycles. The zero-order valence-electron chi connectivity index (χ0n) is 13.8. The molecule has 0 aromatic carbocycles. The van der Waals surface area contributed by atoms with Gasteiger partial charge in [-0.2, -0.15) is 0 Å². The van der Waals surface area contributed by atoms with Crippen molar-refractivity contribution in [3.63, 3.8) is 0 Å². The Morgan fingerprint density at radius 3 is 2.17 bits per heavy atom. The highest BCUT2D eigenvalue weighted by atomic mass is 16.6. The Bertz CT molecular complexity index is 475. The molecule has 2 atom stereocenters. The van der Waals surface area contributed by atoms with Crippen LogP contribution in [0.4, 0.5) is 4.79 Å². The van der Waals surface area contributed by atoms with Gasteiger partial charge in [-0.25, -0.2) is 9.59 Å². The summed E-state index contributed by atoms with van der Waals surface area (Å²) in [5.74, 6) is -0.624. The SMILES string of the molecule is C=CCOC(=O)C1CCCN1C(=O)C1CCCN1C(=O)OCC=C. The van der Waals surface area contributed by atoms with Crippen LogP contribution in [0.3, 0.4) is 0 Å². The maximum absolute atomic E-state index is 12.9. The molecule has 2 heterocycles. The summed E-state index contributed by atoms with van der Waals surface area (Å²) in [5, 5.41) is 0. The Balaban J connectivity index is 2.02. The number of hydrogen-bond donors (Lipinski definition) is 0. The third-order valence-corrected chi connectivity index (χ3v) is 4.25. The van der Waals surface area contributed by atoms with Gasteiger partial charge in [-0.05, 0) is 25.7 Å².